The van der Waals surface area contributed by atoms with Crippen molar-refractivity contribution in [3.8, 4) is 5.88 Å². The van der Waals surface area contributed by atoms with Crippen molar-refractivity contribution in [1.29, 1.82) is 0 Å². The molecule has 0 saturated carbocycles. The summed E-state index contributed by atoms with van der Waals surface area (Å²) in [4.78, 5) is 17.0. The lowest BCUT2D eigenvalue weighted by Gasteiger charge is -2.28. The smallest absolute Gasteiger partial charge is 0.256 e. The fourth-order valence-corrected chi connectivity index (χ4v) is 2.30. The molecule has 5 nitrogen and oxygen atoms in total. The summed E-state index contributed by atoms with van der Waals surface area (Å²) in [6.45, 7) is 10.9. The van der Waals surface area contributed by atoms with Crippen molar-refractivity contribution in [1.82, 2.24) is 4.98 Å². The van der Waals surface area contributed by atoms with E-state index in [4.69, 9.17) is 9.47 Å². The summed E-state index contributed by atoms with van der Waals surface area (Å²) in [5.74, 6) is 0.459. The molecule has 0 fully saturated rings. The van der Waals surface area contributed by atoms with E-state index in [1.807, 2.05) is 33.8 Å². The normalized spacial score (nSPS) is 13.4. The number of carbonyl (C=O) groups is 1. The van der Waals surface area contributed by atoms with Gasteiger partial charge in [-0.15, -0.1) is 0 Å². The number of rotatable bonds is 10. The summed E-state index contributed by atoms with van der Waals surface area (Å²) in [6, 6.07) is 3.61. The van der Waals surface area contributed by atoms with Gasteiger partial charge in [-0.2, -0.15) is 0 Å². The Hall–Kier alpha value is -1.62. The number of aromatic nitrogens is 1. The van der Waals surface area contributed by atoms with Crippen molar-refractivity contribution < 1.29 is 14.3 Å². The zero-order valence-electron chi connectivity index (χ0n) is 15.1. The summed E-state index contributed by atoms with van der Waals surface area (Å²) >= 11 is 0. The molecule has 0 saturated heterocycles. The first kappa shape index (κ1) is 19.4. The number of nitrogens with one attached hydrogen (secondary N) is 1. The second-order valence-electron chi connectivity index (χ2n) is 5.85. The minimum atomic E-state index is -0.811. The van der Waals surface area contributed by atoms with Gasteiger partial charge in [0.25, 0.3) is 5.91 Å². The average Bonchev–Trinajstić information content (AvgIpc) is 2.53. The Morgan fingerprint density at radius 2 is 2.00 bits per heavy atom. The standard InChI is InChI=1S/C18H30N2O3/c1-6-9-12-18(5,23-8-3)17(21)20-15-10-11-16(19-14(15)4)22-13-7-2/h10-11H,6-9,12-13H2,1-5H3,(H,20,21)/t18-/m1/s1. The number of hydrogen-bond donors (Lipinski definition) is 1. The second-order valence-corrected chi connectivity index (χ2v) is 5.85. The monoisotopic (exact) mass is 322 g/mol. The molecule has 0 aliphatic heterocycles. The van der Waals surface area contributed by atoms with Crippen LogP contribution < -0.4 is 10.1 Å². The number of pyridine rings is 1. The van der Waals surface area contributed by atoms with Crippen LogP contribution in [0.4, 0.5) is 5.69 Å². The maximum atomic E-state index is 12.6. The fraction of sp³-hybridized carbons (Fsp3) is 0.667. The van der Waals surface area contributed by atoms with E-state index in [0.29, 0.717) is 31.2 Å². The topological polar surface area (TPSA) is 60.5 Å². The highest BCUT2D eigenvalue weighted by atomic mass is 16.5. The van der Waals surface area contributed by atoms with E-state index in [9.17, 15) is 4.79 Å². The third-order valence-electron chi connectivity index (χ3n) is 3.71. The molecule has 1 N–H and O–H groups in total. The maximum absolute atomic E-state index is 12.6. The Balaban J connectivity index is 2.81. The van der Waals surface area contributed by atoms with Crippen LogP contribution in [0.25, 0.3) is 0 Å². The van der Waals surface area contributed by atoms with Crippen LogP contribution in [0.2, 0.25) is 0 Å². The summed E-state index contributed by atoms with van der Waals surface area (Å²) < 4.78 is 11.2. The Morgan fingerprint density at radius 1 is 1.26 bits per heavy atom. The predicted molar refractivity (Wildman–Crippen MR) is 92.9 cm³/mol. The van der Waals surface area contributed by atoms with E-state index < -0.39 is 5.60 Å². The zero-order chi connectivity index (χ0) is 17.3. The molecule has 0 aliphatic rings. The van der Waals surface area contributed by atoms with E-state index in [-0.39, 0.29) is 5.91 Å². The molecule has 1 aromatic rings. The molecule has 1 atom stereocenters. The van der Waals surface area contributed by atoms with Gasteiger partial charge in [0.1, 0.15) is 5.60 Å². The SMILES string of the molecule is CCCC[C@@](C)(OCC)C(=O)Nc1ccc(OCCC)nc1C. The number of anilines is 1. The van der Waals surface area contributed by atoms with Crippen LogP contribution in [0.15, 0.2) is 12.1 Å². The van der Waals surface area contributed by atoms with Gasteiger partial charge in [0.05, 0.1) is 18.0 Å². The highest BCUT2D eigenvalue weighted by molar-refractivity contribution is 5.97. The Kier molecular flexibility index (Phi) is 8.03. The van der Waals surface area contributed by atoms with Crippen LogP contribution in [0.3, 0.4) is 0 Å². The number of ether oxygens (including phenoxy) is 2. The highest BCUT2D eigenvalue weighted by Crippen LogP contribution is 2.23. The molecular weight excluding hydrogens is 292 g/mol. The maximum Gasteiger partial charge on any atom is 0.256 e. The molecule has 1 amide bonds. The van der Waals surface area contributed by atoms with Crippen molar-refractivity contribution in [3.05, 3.63) is 17.8 Å². The van der Waals surface area contributed by atoms with Crippen LogP contribution in [0.5, 0.6) is 5.88 Å². The van der Waals surface area contributed by atoms with Crippen molar-refractivity contribution in [2.45, 2.75) is 65.9 Å². The minimum absolute atomic E-state index is 0.125. The number of carbonyl (C=O) groups excluding carboxylic acids is 1. The zero-order valence-corrected chi connectivity index (χ0v) is 15.1. The van der Waals surface area contributed by atoms with Crippen LogP contribution in [0.1, 0.15) is 59.1 Å². The van der Waals surface area contributed by atoms with E-state index in [2.05, 4.69) is 17.2 Å². The first-order valence-electron chi connectivity index (χ1n) is 8.52. The van der Waals surface area contributed by atoms with Gasteiger partial charge in [-0.25, -0.2) is 4.98 Å². The Bertz CT molecular complexity index is 505. The van der Waals surface area contributed by atoms with Crippen LogP contribution in [-0.2, 0) is 9.53 Å². The number of amides is 1. The minimum Gasteiger partial charge on any atom is -0.478 e. The number of hydrogen-bond acceptors (Lipinski definition) is 4. The van der Waals surface area contributed by atoms with Gasteiger partial charge < -0.3 is 14.8 Å². The van der Waals surface area contributed by atoms with Crippen LogP contribution in [-0.4, -0.2) is 29.7 Å². The summed E-state index contributed by atoms with van der Waals surface area (Å²) in [6.07, 6.45) is 3.61. The Morgan fingerprint density at radius 3 is 2.57 bits per heavy atom. The van der Waals surface area contributed by atoms with Gasteiger partial charge in [0.15, 0.2) is 0 Å². The number of nitrogens with zero attached hydrogens (tertiary/aromatic N) is 1. The van der Waals surface area contributed by atoms with Crippen molar-refractivity contribution in [2.24, 2.45) is 0 Å². The molecule has 0 bridgehead atoms. The summed E-state index contributed by atoms with van der Waals surface area (Å²) in [5, 5.41) is 2.95. The summed E-state index contributed by atoms with van der Waals surface area (Å²) in [5.41, 5.74) is 0.622. The van der Waals surface area contributed by atoms with Gasteiger partial charge in [-0.1, -0.05) is 26.7 Å². The first-order valence-corrected chi connectivity index (χ1v) is 8.52. The lowest BCUT2D eigenvalue weighted by Crippen LogP contribution is -2.43. The van der Waals surface area contributed by atoms with Crippen molar-refractivity contribution in [3.63, 3.8) is 0 Å². The fourth-order valence-electron chi connectivity index (χ4n) is 2.30. The molecule has 23 heavy (non-hydrogen) atoms. The highest BCUT2D eigenvalue weighted by Gasteiger charge is 2.33. The summed E-state index contributed by atoms with van der Waals surface area (Å²) in [7, 11) is 0. The molecule has 0 unspecified atom stereocenters. The lowest BCUT2D eigenvalue weighted by atomic mass is 9.97. The molecule has 1 aromatic heterocycles. The van der Waals surface area contributed by atoms with Gasteiger partial charge in [0.2, 0.25) is 5.88 Å². The third-order valence-corrected chi connectivity index (χ3v) is 3.71. The van der Waals surface area contributed by atoms with Crippen LogP contribution >= 0.6 is 0 Å². The molecule has 5 heteroatoms. The molecule has 0 spiro atoms. The van der Waals surface area contributed by atoms with E-state index >= 15 is 0 Å². The van der Waals surface area contributed by atoms with Gasteiger partial charge in [-0.3, -0.25) is 4.79 Å². The molecule has 0 radical (unpaired) electrons. The molecular formula is C18H30N2O3. The largest absolute Gasteiger partial charge is 0.478 e. The van der Waals surface area contributed by atoms with Gasteiger partial charge in [-0.05, 0) is 39.7 Å². The molecule has 0 aromatic carbocycles. The van der Waals surface area contributed by atoms with Gasteiger partial charge in [0, 0.05) is 12.7 Å². The van der Waals surface area contributed by atoms with E-state index in [1.165, 1.54) is 0 Å². The lowest BCUT2D eigenvalue weighted by molar-refractivity contribution is -0.139. The first-order chi connectivity index (χ1) is 11.0. The molecule has 0 aliphatic carbocycles. The molecule has 130 valence electrons. The molecule has 1 rings (SSSR count). The third kappa shape index (κ3) is 5.82. The number of unbranched alkanes of at least 4 members (excludes halogenated alkanes) is 1. The number of aryl methyl sites for hydroxylation is 1. The second kappa shape index (κ2) is 9.50. The van der Waals surface area contributed by atoms with Crippen molar-refractivity contribution in [2.75, 3.05) is 18.5 Å². The van der Waals surface area contributed by atoms with Crippen LogP contribution in [0, 0.1) is 6.92 Å². The molecule has 1 heterocycles. The average molecular weight is 322 g/mol. The van der Waals surface area contributed by atoms with Gasteiger partial charge >= 0.3 is 0 Å². The van der Waals surface area contributed by atoms with E-state index in [1.54, 1.807) is 6.07 Å². The Labute approximate surface area is 139 Å². The predicted octanol–water partition coefficient (Wildman–Crippen LogP) is 4.10. The van der Waals surface area contributed by atoms with Crippen molar-refractivity contribution >= 4 is 11.6 Å². The van der Waals surface area contributed by atoms with E-state index in [0.717, 1.165) is 25.0 Å². The quantitative estimate of drug-likeness (QED) is 0.704.